The normalized spacial score (nSPS) is 11.3. The number of fused-ring (bicyclic) bond motifs is 1. The van der Waals surface area contributed by atoms with Crippen molar-refractivity contribution in [2.45, 2.75) is 13.1 Å². The number of pyridine rings is 2. The molecule has 5 nitrogen and oxygen atoms in total. The van der Waals surface area contributed by atoms with Crippen molar-refractivity contribution in [3.8, 4) is 33.5 Å². The van der Waals surface area contributed by atoms with Crippen LogP contribution >= 0.6 is 11.3 Å². The van der Waals surface area contributed by atoms with Gasteiger partial charge in [-0.15, -0.1) is 11.3 Å². The molecule has 0 atom stereocenters. The van der Waals surface area contributed by atoms with Crippen molar-refractivity contribution in [3.63, 3.8) is 0 Å². The Hall–Kier alpha value is -4.27. The second kappa shape index (κ2) is 10.6. The Bertz CT molecular complexity index is 1660. The van der Waals surface area contributed by atoms with Crippen LogP contribution < -0.4 is 5.32 Å². The molecule has 1 N–H and O–H groups in total. The van der Waals surface area contributed by atoms with Gasteiger partial charge in [0, 0.05) is 58.6 Å². The van der Waals surface area contributed by atoms with Gasteiger partial charge in [-0.2, -0.15) is 5.10 Å². The van der Waals surface area contributed by atoms with E-state index in [0.717, 1.165) is 46.3 Å². The van der Waals surface area contributed by atoms with Crippen molar-refractivity contribution in [2.75, 3.05) is 6.54 Å². The van der Waals surface area contributed by atoms with Gasteiger partial charge in [-0.25, -0.2) is 13.8 Å². The van der Waals surface area contributed by atoms with E-state index >= 15 is 0 Å². The van der Waals surface area contributed by atoms with Gasteiger partial charge in [0.2, 0.25) is 0 Å². The monoisotopic (exact) mass is 523 g/mol. The molecule has 0 bridgehead atoms. The molecule has 6 rings (SSSR count). The van der Waals surface area contributed by atoms with Gasteiger partial charge in [0.25, 0.3) is 0 Å². The van der Waals surface area contributed by atoms with Gasteiger partial charge in [-0.1, -0.05) is 18.2 Å². The lowest BCUT2D eigenvalue weighted by molar-refractivity contribution is 0.560. The molecular weight excluding hydrogens is 500 g/mol. The molecule has 4 aromatic heterocycles. The number of thiophene rings is 1. The Morgan fingerprint density at radius 3 is 2.16 bits per heavy atom. The largest absolute Gasteiger partial charge is 0.310 e. The molecule has 0 saturated carbocycles. The van der Waals surface area contributed by atoms with Crippen LogP contribution in [0.1, 0.15) is 4.88 Å². The Balaban J connectivity index is 1.50. The summed E-state index contributed by atoms with van der Waals surface area (Å²) >= 11 is 1.72. The smallest absolute Gasteiger partial charge is 0.182 e. The van der Waals surface area contributed by atoms with E-state index in [1.54, 1.807) is 48.0 Å². The third-order valence-electron chi connectivity index (χ3n) is 6.33. The summed E-state index contributed by atoms with van der Waals surface area (Å²) in [6.45, 7) is 2.19. The van der Waals surface area contributed by atoms with Crippen molar-refractivity contribution in [3.05, 3.63) is 113 Å². The van der Waals surface area contributed by atoms with Gasteiger partial charge in [0.15, 0.2) is 5.65 Å². The first-order valence-electron chi connectivity index (χ1n) is 12.2. The first kappa shape index (κ1) is 24.1. The number of halogens is 2. The van der Waals surface area contributed by atoms with Crippen LogP contribution in [0.3, 0.4) is 0 Å². The van der Waals surface area contributed by atoms with Crippen molar-refractivity contribution in [2.24, 2.45) is 0 Å². The molecule has 0 amide bonds. The van der Waals surface area contributed by atoms with Crippen LogP contribution in [0.2, 0.25) is 0 Å². The topological polar surface area (TPSA) is 55.6 Å². The summed E-state index contributed by atoms with van der Waals surface area (Å²) in [5, 5.41) is 11.2. The molecule has 8 heteroatoms. The molecule has 0 saturated heterocycles. The molecule has 0 radical (unpaired) electrons. The van der Waals surface area contributed by atoms with Crippen LogP contribution in [0.15, 0.2) is 96.8 Å². The van der Waals surface area contributed by atoms with Crippen LogP contribution in [0.5, 0.6) is 0 Å². The van der Waals surface area contributed by atoms with Gasteiger partial charge in [-0.3, -0.25) is 9.67 Å². The zero-order chi connectivity index (χ0) is 25.9. The maximum Gasteiger partial charge on any atom is 0.182 e. The Morgan fingerprint density at radius 1 is 0.789 bits per heavy atom. The quantitative estimate of drug-likeness (QED) is 0.219. The lowest BCUT2D eigenvalue weighted by Crippen LogP contribution is -2.19. The molecule has 0 aliphatic rings. The number of nitrogens with one attached hydrogen (secondary N) is 1. The van der Waals surface area contributed by atoms with Gasteiger partial charge < -0.3 is 5.32 Å². The van der Waals surface area contributed by atoms with Crippen molar-refractivity contribution in [1.82, 2.24) is 25.1 Å². The fraction of sp³-hybridized carbons (Fsp3) is 0.100. The van der Waals surface area contributed by atoms with Gasteiger partial charge in [0.05, 0.1) is 12.2 Å². The van der Waals surface area contributed by atoms with E-state index in [1.807, 2.05) is 29.1 Å². The van der Waals surface area contributed by atoms with Crippen molar-refractivity contribution in [1.29, 1.82) is 0 Å². The first-order chi connectivity index (χ1) is 18.7. The molecule has 0 fully saturated rings. The third kappa shape index (κ3) is 4.96. The summed E-state index contributed by atoms with van der Waals surface area (Å²) in [4.78, 5) is 10.4. The third-order valence-corrected chi connectivity index (χ3v) is 7.21. The highest BCUT2D eigenvalue weighted by Gasteiger charge is 2.22. The summed E-state index contributed by atoms with van der Waals surface area (Å²) in [5.41, 5.74) is 5.48. The molecule has 0 aliphatic carbocycles. The molecule has 188 valence electrons. The van der Waals surface area contributed by atoms with Gasteiger partial charge in [0.1, 0.15) is 11.6 Å². The van der Waals surface area contributed by atoms with E-state index in [2.05, 4.69) is 21.7 Å². The second-order valence-corrected chi connectivity index (χ2v) is 9.88. The molecule has 38 heavy (non-hydrogen) atoms. The summed E-state index contributed by atoms with van der Waals surface area (Å²) < 4.78 is 29.6. The van der Waals surface area contributed by atoms with Crippen LogP contribution in [0.4, 0.5) is 8.78 Å². The number of rotatable bonds is 8. The zero-order valence-corrected chi connectivity index (χ0v) is 21.1. The fourth-order valence-electron chi connectivity index (χ4n) is 4.55. The summed E-state index contributed by atoms with van der Waals surface area (Å²) in [7, 11) is 0. The molecule has 4 heterocycles. The minimum Gasteiger partial charge on any atom is -0.310 e. The second-order valence-electron chi connectivity index (χ2n) is 8.85. The average Bonchev–Trinajstić information content (AvgIpc) is 3.61. The van der Waals surface area contributed by atoms with Crippen LogP contribution in [0, 0.1) is 11.6 Å². The van der Waals surface area contributed by atoms with Crippen LogP contribution in [-0.2, 0) is 13.1 Å². The highest BCUT2D eigenvalue weighted by molar-refractivity contribution is 7.09. The highest BCUT2D eigenvalue weighted by atomic mass is 32.1. The minimum absolute atomic E-state index is 0.309. The van der Waals surface area contributed by atoms with Gasteiger partial charge in [-0.05, 0) is 71.1 Å². The molecule has 0 spiro atoms. The molecule has 0 unspecified atom stereocenters. The van der Waals surface area contributed by atoms with Gasteiger partial charge >= 0.3 is 0 Å². The number of hydrogen-bond donors (Lipinski definition) is 1. The lowest BCUT2D eigenvalue weighted by atomic mass is 9.90. The van der Waals surface area contributed by atoms with E-state index in [-0.39, 0.29) is 11.6 Å². The average molecular weight is 524 g/mol. The first-order valence-corrected chi connectivity index (χ1v) is 13.1. The predicted octanol–water partition coefficient (Wildman–Crippen LogP) is 6.96. The zero-order valence-electron chi connectivity index (χ0n) is 20.3. The van der Waals surface area contributed by atoms with E-state index < -0.39 is 0 Å². The Kier molecular flexibility index (Phi) is 6.73. The Morgan fingerprint density at radius 2 is 1.47 bits per heavy atom. The van der Waals surface area contributed by atoms with Crippen molar-refractivity contribution < 1.29 is 8.78 Å². The predicted molar refractivity (Wildman–Crippen MR) is 148 cm³/mol. The number of nitrogens with zero attached hydrogens (tertiary/aromatic N) is 4. The van der Waals surface area contributed by atoms with E-state index in [0.29, 0.717) is 17.9 Å². The lowest BCUT2D eigenvalue weighted by Gasteiger charge is -2.16. The number of aromatic nitrogens is 4. The number of benzene rings is 2. The standard InChI is InChI=1S/C30H23F2N5S/c31-23-7-3-20(4-8-23)27-26-19-37(16-15-34-18-25-2-1-17-38-25)36-30(26)35-29(22-5-9-24(32)10-6-22)28(27)21-11-13-33-14-12-21/h1-14,17,19,34H,15-16,18H2. The number of hydrogen-bond acceptors (Lipinski definition) is 5. The Labute approximate surface area is 222 Å². The van der Waals surface area contributed by atoms with Crippen molar-refractivity contribution >= 4 is 22.4 Å². The summed E-state index contributed by atoms with van der Waals surface area (Å²) in [6.07, 6.45) is 5.45. The fourth-order valence-corrected chi connectivity index (χ4v) is 5.23. The maximum atomic E-state index is 13.9. The van der Waals surface area contributed by atoms with Crippen LogP contribution in [0.25, 0.3) is 44.5 Å². The van der Waals surface area contributed by atoms with E-state index in [4.69, 9.17) is 10.1 Å². The van der Waals surface area contributed by atoms with E-state index in [9.17, 15) is 8.78 Å². The highest BCUT2D eigenvalue weighted by Crippen LogP contribution is 2.42. The minimum atomic E-state index is -0.321. The maximum absolute atomic E-state index is 13.9. The molecule has 6 aromatic rings. The molecule has 0 aliphatic heterocycles. The molecule has 2 aromatic carbocycles. The summed E-state index contributed by atoms with van der Waals surface area (Å²) in [5.74, 6) is -0.630. The van der Waals surface area contributed by atoms with E-state index in [1.165, 1.54) is 29.1 Å². The van der Waals surface area contributed by atoms with Crippen LogP contribution in [-0.4, -0.2) is 26.3 Å². The summed E-state index contributed by atoms with van der Waals surface area (Å²) in [6, 6.07) is 20.7. The molecular formula is C30H23F2N5S. The SMILES string of the molecule is Fc1ccc(-c2nc3nn(CCNCc4cccs4)cc3c(-c3ccc(F)cc3)c2-c2ccncc2)cc1.